The number of tetrazole rings is 2. The molecule has 13 nitrogen and oxygen atoms in total. The highest BCUT2D eigenvalue weighted by atomic mass is 16.5. The summed E-state index contributed by atoms with van der Waals surface area (Å²) in [5, 5.41) is 29.1. The minimum atomic E-state index is -0.339. The first-order valence-corrected chi connectivity index (χ1v) is 11.0. The molecule has 184 valence electrons. The number of carbonyl (C=O) groups is 2. The number of benzene rings is 3. The summed E-state index contributed by atoms with van der Waals surface area (Å²) in [5.41, 5.74) is 2.71. The molecule has 2 amide bonds. The Hall–Kier alpha value is -5.46. The van der Waals surface area contributed by atoms with E-state index in [1.165, 1.54) is 15.8 Å². The maximum atomic E-state index is 13.0. The molecule has 0 fully saturated rings. The summed E-state index contributed by atoms with van der Waals surface area (Å²) in [6, 6.07) is 20.9. The second kappa shape index (κ2) is 10.4. The van der Waals surface area contributed by atoms with Crippen LogP contribution >= 0.6 is 0 Å². The third-order valence-electron chi connectivity index (χ3n) is 5.25. The van der Waals surface area contributed by atoms with Gasteiger partial charge < -0.3 is 15.4 Å². The van der Waals surface area contributed by atoms with Gasteiger partial charge in [-0.05, 0) is 70.2 Å². The molecule has 0 aliphatic carbocycles. The summed E-state index contributed by atoms with van der Waals surface area (Å²) < 4.78 is 6.57. The van der Waals surface area contributed by atoms with Crippen molar-refractivity contribution in [2.45, 2.75) is 6.54 Å². The first-order chi connectivity index (χ1) is 18.1. The molecular weight excluding hydrogens is 476 g/mol. The van der Waals surface area contributed by atoms with Gasteiger partial charge in [0, 0.05) is 16.8 Å². The zero-order valence-electron chi connectivity index (χ0n) is 19.5. The fourth-order valence-electron chi connectivity index (χ4n) is 3.47. The Morgan fingerprint density at radius 2 is 1.78 bits per heavy atom. The molecule has 0 aliphatic rings. The third kappa shape index (κ3) is 5.45. The minimum Gasteiger partial charge on any atom is -0.497 e. The van der Waals surface area contributed by atoms with Gasteiger partial charge in [0.25, 0.3) is 5.91 Å². The fraction of sp³-hybridized carbons (Fsp3) is 0.0833. The number of nitrogens with one attached hydrogen (secondary N) is 2. The SMILES string of the molecule is COc1ccc(NC(=O)Cn2nnc(-c3ccccc3NC(=O)c3cccc(-n4cnnn4)c3)n2)cc1. The van der Waals surface area contributed by atoms with Gasteiger partial charge >= 0.3 is 0 Å². The molecule has 2 heterocycles. The van der Waals surface area contributed by atoms with E-state index in [0.29, 0.717) is 33.9 Å². The van der Waals surface area contributed by atoms with Crippen molar-refractivity contribution in [1.82, 2.24) is 40.4 Å². The van der Waals surface area contributed by atoms with Crippen LogP contribution in [0.3, 0.4) is 0 Å². The van der Waals surface area contributed by atoms with Crippen molar-refractivity contribution >= 4 is 23.2 Å². The van der Waals surface area contributed by atoms with Gasteiger partial charge in [-0.15, -0.1) is 15.3 Å². The van der Waals surface area contributed by atoms with E-state index >= 15 is 0 Å². The Balaban J connectivity index is 1.28. The second-order valence-corrected chi connectivity index (χ2v) is 7.72. The summed E-state index contributed by atoms with van der Waals surface area (Å²) in [6.45, 7) is -0.141. The van der Waals surface area contributed by atoms with E-state index in [-0.39, 0.29) is 24.2 Å². The Morgan fingerprint density at radius 1 is 0.946 bits per heavy atom. The largest absolute Gasteiger partial charge is 0.497 e. The van der Waals surface area contributed by atoms with E-state index in [1.54, 1.807) is 79.9 Å². The van der Waals surface area contributed by atoms with Crippen molar-refractivity contribution < 1.29 is 14.3 Å². The number of hydrogen-bond acceptors (Lipinski definition) is 9. The zero-order chi connectivity index (χ0) is 25.6. The van der Waals surface area contributed by atoms with E-state index in [2.05, 4.69) is 41.6 Å². The van der Waals surface area contributed by atoms with E-state index in [4.69, 9.17) is 4.74 Å². The lowest BCUT2D eigenvalue weighted by atomic mass is 10.1. The number of anilines is 2. The van der Waals surface area contributed by atoms with Crippen LogP contribution in [-0.4, -0.2) is 59.3 Å². The lowest BCUT2D eigenvalue weighted by Gasteiger charge is -2.09. The highest BCUT2D eigenvalue weighted by Gasteiger charge is 2.16. The standard InChI is InChI=1S/C24H20N10O3/c1-37-19-11-9-17(10-12-19)26-22(35)14-34-29-23(28-31-34)20-7-2-3-8-21(20)27-24(36)16-5-4-6-18(13-16)33-15-25-30-32-33/h2-13,15H,14H2,1H3,(H,26,35)(H,27,36). The minimum absolute atomic E-state index is 0.141. The maximum Gasteiger partial charge on any atom is 0.255 e. The predicted octanol–water partition coefficient (Wildman–Crippen LogP) is 2.22. The van der Waals surface area contributed by atoms with E-state index < -0.39 is 0 Å². The summed E-state index contributed by atoms with van der Waals surface area (Å²) in [6.07, 6.45) is 1.44. The number of amides is 2. The molecule has 5 aromatic rings. The van der Waals surface area contributed by atoms with Crippen LogP contribution in [0.4, 0.5) is 11.4 Å². The van der Waals surface area contributed by atoms with Gasteiger partial charge in [-0.3, -0.25) is 9.59 Å². The van der Waals surface area contributed by atoms with Crippen LogP contribution in [0, 0.1) is 0 Å². The number of ether oxygens (including phenoxy) is 1. The Labute approximate surface area is 210 Å². The number of para-hydroxylation sites is 1. The smallest absolute Gasteiger partial charge is 0.255 e. The van der Waals surface area contributed by atoms with Crippen molar-refractivity contribution in [3.63, 3.8) is 0 Å². The normalized spacial score (nSPS) is 10.6. The number of methoxy groups -OCH3 is 1. The first kappa shape index (κ1) is 23.3. The molecular formula is C24H20N10O3. The molecule has 3 aromatic carbocycles. The second-order valence-electron chi connectivity index (χ2n) is 7.72. The van der Waals surface area contributed by atoms with Gasteiger partial charge in [-0.25, -0.2) is 4.68 Å². The summed E-state index contributed by atoms with van der Waals surface area (Å²) in [7, 11) is 1.57. The summed E-state index contributed by atoms with van der Waals surface area (Å²) in [5.74, 6) is 0.286. The van der Waals surface area contributed by atoms with E-state index in [9.17, 15) is 9.59 Å². The van der Waals surface area contributed by atoms with Crippen LogP contribution in [0.15, 0.2) is 79.1 Å². The average Bonchev–Trinajstić information content (AvgIpc) is 3.62. The van der Waals surface area contributed by atoms with Crippen LogP contribution in [0.25, 0.3) is 17.1 Å². The lowest BCUT2D eigenvalue weighted by Crippen LogP contribution is -2.20. The highest BCUT2D eigenvalue weighted by molar-refractivity contribution is 6.06. The third-order valence-corrected chi connectivity index (χ3v) is 5.25. The molecule has 0 aliphatic heterocycles. The Bertz CT molecular complexity index is 1530. The van der Waals surface area contributed by atoms with Crippen LogP contribution in [-0.2, 0) is 11.3 Å². The lowest BCUT2D eigenvalue weighted by molar-refractivity contribution is -0.117. The molecule has 2 N–H and O–H groups in total. The number of carbonyl (C=O) groups excluding carboxylic acids is 2. The number of hydrogen-bond donors (Lipinski definition) is 2. The van der Waals surface area contributed by atoms with Crippen molar-refractivity contribution in [3.8, 4) is 22.8 Å². The van der Waals surface area contributed by atoms with Crippen molar-refractivity contribution in [2.75, 3.05) is 17.7 Å². The monoisotopic (exact) mass is 496 g/mol. The molecule has 0 atom stereocenters. The number of aromatic nitrogens is 8. The highest BCUT2D eigenvalue weighted by Crippen LogP contribution is 2.25. The van der Waals surface area contributed by atoms with Crippen LogP contribution < -0.4 is 15.4 Å². The molecule has 0 bridgehead atoms. The topological polar surface area (TPSA) is 155 Å². The molecule has 13 heteroatoms. The summed E-state index contributed by atoms with van der Waals surface area (Å²) in [4.78, 5) is 26.6. The van der Waals surface area contributed by atoms with Crippen LogP contribution in [0.1, 0.15) is 10.4 Å². The number of rotatable bonds is 8. The average molecular weight is 496 g/mol. The van der Waals surface area contributed by atoms with Gasteiger partial charge in [0.1, 0.15) is 18.6 Å². The van der Waals surface area contributed by atoms with E-state index in [0.717, 1.165) is 0 Å². The Kier molecular flexibility index (Phi) is 6.57. The van der Waals surface area contributed by atoms with Crippen molar-refractivity contribution in [2.24, 2.45) is 0 Å². The predicted molar refractivity (Wildman–Crippen MR) is 132 cm³/mol. The van der Waals surface area contributed by atoms with Crippen LogP contribution in [0.5, 0.6) is 5.75 Å². The first-order valence-electron chi connectivity index (χ1n) is 11.0. The number of nitrogens with zero attached hydrogens (tertiary/aromatic N) is 8. The molecule has 0 spiro atoms. The fourth-order valence-corrected chi connectivity index (χ4v) is 3.47. The molecule has 0 unspecified atom stereocenters. The van der Waals surface area contributed by atoms with Crippen LogP contribution in [0.2, 0.25) is 0 Å². The molecule has 2 aromatic heterocycles. The van der Waals surface area contributed by atoms with Gasteiger partial charge in [0.05, 0.1) is 18.5 Å². The van der Waals surface area contributed by atoms with Gasteiger partial charge in [0.15, 0.2) is 0 Å². The summed E-state index contributed by atoms with van der Waals surface area (Å²) >= 11 is 0. The molecule has 0 saturated heterocycles. The van der Waals surface area contributed by atoms with E-state index in [1.807, 2.05) is 0 Å². The molecule has 5 rings (SSSR count). The maximum absolute atomic E-state index is 13.0. The van der Waals surface area contributed by atoms with Gasteiger partial charge in [-0.1, -0.05) is 18.2 Å². The Morgan fingerprint density at radius 3 is 2.57 bits per heavy atom. The van der Waals surface area contributed by atoms with Gasteiger partial charge in [-0.2, -0.15) is 4.80 Å². The van der Waals surface area contributed by atoms with Crippen molar-refractivity contribution in [3.05, 3.63) is 84.7 Å². The van der Waals surface area contributed by atoms with Crippen molar-refractivity contribution in [1.29, 1.82) is 0 Å². The molecule has 0 saturated carbocycles. The quantitative estimate of drug-likeness (QED) is 0.329. The molecule has 37 heavy (non-hydrogen) atoms. The molecule has 0 radical (unpaired) electrons. The van der Waals surface area contributed by atoms with Gasteiger partial charge in [0.2, 0.25) is 11.7 Å². The zero-order valence-corrected chi connectivity index (χ0v) is 19.5.